The van der Waals surface area contributed by atoms with Gasteiger partial charge in [0.05, 0.1) is 11.9 Å². The maximum absolute atomic E-state index is 12.8. The number of aromatic nitrogens is 2. The molecule has 0 unspecified atom stereocenters. The average molecular weight is 465 g/mol. The van der Waals surface area contributed by atoms with Crippen molar-refractivity contribution in [3.63, 3.8) is 0 Å². The number of hydrogen-bond donors (Lipinski definition) is 1. The van der Waals surface area contributed by atoms with E-state index in [9.17, 15) is 18.0 Å². The molecule has 0 bridgehead atoms. The van der Waals surface area contributed by atoms with Gasteiger partial charge in [-0.25, -0.2) is 4.98 Å². The van der Waals surface area contributed by atoms with Crippen LogP contribution in [-0.2, 0) is 17.8 Å². The van der Waals surface area contributed by atoms with Crippen LogP contribution in [0.15, 0.2) is 72.9 Å². The Morgan fingerprint density at radius 2 is 1.74 bits per heavy atom. The fraction of sp³-hybridized carbons (Fsp3) is 0.192. The Morgan fingerprint density at radius 3 is 2.44 bits per heavy atom. The average Bonchev–Trinajstić information content (AvgIpc) is 2.82. The molecule has 0 radical (unpaired) electrons. The van der Waals surface area contributed by atoms with E-state index in [1.54, 1.807) is 6.07 Å². The van der Waals surface area contributed by atoms with Crippen LogP contribution in [0.5, 0.6) is 5.88 Å². The molecule has 4 aromatic rings. The number of rotatable bonds is 7. The van der Waals surface area contributed by atoms with E-state index in [4.69, 9.17) is 4.98 Å². The normalized spacial score (nSPS) is 11.4. The number of fused-ring (bicyclic) bond motifs is 1. The zero-order valence-electron chi connectivity index (χ0n) is 18.4. The first kappa shape index (κ1) is 23.2. The van der Waals surface area contributed by atoms with Gasteiger partial charge in [-0.15, -0.1) is 0 Å². The third-order valence-electron chi connectivity index (χ3n) is 5.27. The zero-order valence-corrected chi connectivity index (χ0v) is 18.4. The number of pyridine rings is 2. The highest BCUT2D eigenvalue weighted by molar-refractivity contribution is 5.98. The lowest BCUT2D eigenvalue weighted by Gasteiger charge is -2.16. The summed E-state index contributed by atoms with van der Waals surface area (Å²) in [6, 6.07) is 20.6. The summed E-state index contributed by atoms with van der Waals surface area (Å²) in [7, 11) is 0. The van der Waals surface area contributed by atoms with Gasteiger partial charge in [-0.1, -0.05) is 54.6 Å². The van der Waals surface area contributed by atoms with Crippen molar-refractivity contribution >= 4 is 16.8 Å². The molecule has 34 heavy (non-hydrogen) atoms. The number of carbonyl (C=O) groups excluding carboxylic acids is 1. The maximum atomic E-state index is 12.8. The molecule has 5 nitrogen and oxygen atoms in total. The van der Waals surface area contributed by atoms with Crippen molar-refractivity contribution in [3.05, 3.63) is 89.7 Å². The van der Waals surface area contributed by atoms with Crippen LogP contribution in [0.25, 0.3) is 22.0 Å². The first-order valence-electron chi connectivity index (χ1n) is 10.6. The topological polar surface area (TPSA) is 64.1 Å². The molecular weight excluding hydrogens is 443 g/mol. The van der Waals surface area contributed by atoms with Crippen molar-refractivity contribution in [2.75, 3.05) is 6.61 Å². The second-order valence-corrected chi connectivity index (χ2v) is 7.80. The summed E-state index contributed by atoms with van der Waals surface area (Å²) in [5.41, 5.74) is 5.11. The fourth-order valence-corrected chi connectivity index (χ4v) is 3.71. The van der Waals surface area contributed by atoms with Crippen molar-refractivity contribution < 1.29 is 22.7 Å². The van der Waals surface area contributed by atoms with Crippen LogP contribution < -0.4 is 10.1 Å². The molecule has 1 N–H and O–H groups in total. The molecule has 4 rings (SSSR count). The summed E-state index contributed by atoms with van der Waals surface area (Å²) in [4.78, 5) is 21.4. The Kier molecular flexibility index (Phi) is 6.77. The van der Waals surface area contributed by atoms with Gasteiger partial charge in [0.15, 0.2) is 6.61 Å². The minimum absolute atomic E-state index is 0.127. The number of carbonyl (C=O) groups is 1. The molecule has 2 aromatic carbocycles. The third-order valence-corrected chi connectivity index (χ3v) is 5.27. The lowest BCUT2D eigenvalue weighted by atomic mass is 9.92. The van der Waals surface area contributed by atoms with Crippen LogP contribution in [0.4, 0.5) is 13.2 Å². The fourth-order valence-electron chi connectivity index (χ4n) is 3.71. The van der Waals surface area contributed by atoms with Crippen LogP contribution in [0.3, 0.4) is 0 Å². The van der Waals surface area contributed by atoms with Gasteiger partial charge < -0.3 is 10.1 Å². The molecule has 8 heteroatoms. The number of hydrogen-bond acceptors (Lipinski definition) is 4. The Bertz CT molecular complexity index is 1290. The number of nitrogens with zero attached hydrogens (tertiary/aromatic N) is 2. The molecule has 0 aliphatic rings. The lowest BCUT2D eigenvalue weighted by molar-refractivity contribution is -0.154. The summed E-state index contributed by atoms with van der Waals surface area (Å²) in [5.74, 6) is -0.326. The van der Waals surface area contributed by atoms with Crippen molar-refractivity contribution in [2.24, 2.45) is 0 Å². The number of nitrogens with one attached hydrogen (secondary N) is 1. The largest absolute Gasteiger partial charge is 0.468 e. The molecule has 0 atom stereocenters. The first-order chi connectivity index (χ1) is 16.3. The summed E-state index contributed by atoms with van der Waals surface area (Å²) in [5, 5.41) is 3.82. The summed E-state index contributed by atoms with van der Waals surface area (Å²) in [6.45, 7) is 0.677. The zero-order chi connectivity index (χ0) is 24.1. The number of para-hydroxylation sites is 1. The van der Waals surface area contributed by atoms with E-state index in [1.807, 2.05) is 61.5 Å². The van der Waals surface area contributed by atoms with E-state index < -0.39 is 12.8 Å². The maximum Gasteiger partial charge on any atom is 0.422 e. The van der Waals surface area contributed by atoms with Crippen LogP contribution in [-0.4, -0.2) is 28.7 Å². The van der Waals surface area contributed by atoms with Gasteiger partial charge in [0.25, 0.3) is 0 Å². The summed E-state index contributed by atoms with van der Waals surface area (Å²) >= 11 is 0. The molecule has 0 aliphatic heterocycles. The smallest absolute Gasteiger partial charge is 0.422 e. The van der Waals surface area contributed by atoms with Gasteiger partial charge in [0.1, 0.15) is 0 Å². The molecule has 2 heterocycles. The van der Waals surface area contributed by atoms with Crippen LogP contribution in [0, 0.1) is 6.92 Å². The van der Waals surface area contributed by atoms with Gasteiger partial charge >= 0.3 is 6.18 Å². The van der Waals surface area contributed by atoms with E-state index >= 15 is 0 Å². The van der Waals surface area contributed by atoms with Gasteiger partial charge in [0.2, 0.25) is 11.8 Å². The Hall–Kier alpha value is -3.94. The minimum Gasteiger partial charge on any atom is -0.468 e. The van der Waals surface area contributed by atoms with Gasteiger partial charge in [-0.3, -0.25) is 9.78 Å². The highest BCUT2D eigenvalue weighted by Gasteiger charge is 2.28. The molecule has 0 saturated carbocycles. The molecule has 174 valence electrons. The predicted molar refractivity (Wildman–Crippen MR) is 123 cm³/mol. The van der Waals surface area contributed by atoms with Gasteiger partial charge in [0, 0.05) is 29.9 Å². The molecule has 0 fully saturated rings. The number of benzene rings is 2. The Labute approximate surface area is 194 Å². The number of halogens is 3. The summed E-state index contributed by atoms with van der Waals surface area (Å²) < 4.78 is 41.4. The quantitative estimate of drug-likeness (QED) is 0.397. The number of amides is 1. The van der Waals surface area contributed by atoms with Gasteiger partial charge in [-0.05, 0) is 35.2 Å². The standard InChI is InChI=1S/C26H22F3N3O2/c1-17-21(25(19-7-3-2-4-8-19)20-9-5-6-10-22(20)32-17)13-23(33)30-14-18-11-12-24(31-15-18)34-16-26(27,28)29/h2-12,15H,13-14,16H2,1H3,(H,30,33). The molecular formula is C26H22F3N3O2. The minimum atomic E-state index is -4.43. The molecule has 1 amide bonds. The predicted octanol–water partition coefficient (Wildman–Crippen LogP) is 5.41. The van der Waals surface area contributed by atoms with Crippen molar-refractivity contribution in [1.82, 2.24) is 15.3 Å². The Balaban J connectivity index is 1.50. The third kappa shape index (κ3) is 5.70. The van der Waals surface area contributed by atoms with Crippen molar-refractivity contribution in [3.8, 4) is 17.0 Å². The van der Waals surface area contributed by atoms with E-state index in [0.717, 1.165) is 33.3 Å². The second kappa shape index (κ2) is 9.91. The van der Waals surface area contributed by atoms with Crippen molar-refractivity contribution in [2.45, 2.75) is 26.1 Å². The molecule has 0 spiro atoms. The molecule has 0 aliphatic carbocycles. The summed E-state index contributed by atoms with van der Waals surface area (Å²) in [6.07, 6.45) is -2.92. The Morgan fingerprint density at radius 1 is 1.00 bits per heavy atom. The lowest BCUT2D eigenvalue weighted by Crippen LogP contribution is -2.25. The van der Waals surface area contributed by atoms with E-state index in [-0.39, 0.29) is 24.8 Å². The van der Waals surface area contributed by atoms with E-state index in [2.05, 4.69) is 15.0 Å². The highest BCUT2D eigenvalue weighted by Crippen LogP contribution is 2.33. The SMILES string of the molecule is Cc1nc2ccccc2c(-c2ccccc2)c1CC(=O)NCc1ccc(OCC(F)(F)F)nc1. The van der Waals surface area contributed by atoms with Crippen molar-refractivity contribution in [1.29, 1.82) is 0 Å². The van der Waals surface area contributed by atoms with Crippen LogP contribution in [0.1, 0.15) is 16.8 Å². The number of aryl methyl sites for hydroxylation is 1. The number of alkyl halides is 3. The van der Waals surface area contributed by atoms with E-state index in [1.165, 1.54) is 12.3 Å². The van der Waals surface area contributed by atoms with Crippen LogP contribution in [0.2, 0.25) is 0 Å². The highest BCUT2D eigenvalue weighted by atomic mass is 19.4. The number of ether oxygens (including phenoxy) is 1. The van der Waals surface area contributed by atoms with Crippen LogP contribution >= 0.6 is 0 Å². The second-order valence-electron chi connectivity index (χ2n) is 7.80. The van der Waals surface area contributed by atoms with E-state index in [0.29, 0.717) is 5.56 Å². The molecule has 2 aromatic heterocycles. The first-order valence-corrected chi connectivity index (χ1v) is 10.6. The molecule has 0 saturated heterocycles. The van der Waals surface area contributed by atoms with Gasteiger partial charge in [-0.2, -0.15) is 13.2 Å². The monoisotopic (exact) mass is 465 g/mol.